The summed E-state index contributed by atoms with van der Waals surface area (Å²) in [5.41, 5.74) is 1.13. The molecular weight excluding hydrogens is 188 g/mol. The molecule has 0 aliphatic heterocycles. The minimum Gasteiger partial charge on any atom is -0.192 e. The normalized spacial score (nSPS) is 17.3. The minimum atomic E-state index is -4.27. The van der Waals surface area contributed by atoms with Crippen molar-refractivity contribution in [3.63, 3.8) is 0 Å². The van der Waals surface area contributed by atoms with Crippen molar-refractivity contribution < 1.29 is 13.0 Å². The Balaban J connectivity index is 2.33. The average molecular weight is 197 g/mol. The second kappa shape index (κ2) is 2.82. The summed E-state index contributed by atoms with van der Waals surface area (Å²) in [5.74, 6) is 0.586. The molecule has 3 nitrogen and oxygen atoms in total. The van der Waals surface area contributed by atoms with E-state index in [2.05, 4.69) is 0 Å². The molecule has 1 fully saturated rings. The molecule has 0 unspecified atom stereocenters. The van der Waals surface area contributed by atoms with Crippen LogP contribution in [0.2, 0.25) is 0 Å². The third kappa shape index (κ3) is 1.89. The van der Waals surface area contributed by atoms with Crippen LogP contribution in [0.1, 0.15) is 24.3 Å². The van der Waals surface area contributed by atoms with Crippen LogP contribution in [-0.4, -0.2) is 8.42 Å². The molecule has 0 aromatic heterocycles. The maximum Gasteiger partial charge on any atom is 0.324 e. The molecule has 13 heavy (non-hydrogen) atoms. The zero-order chi connectivity index (χ0) is 9.47. The van der Waals surface area contributed by atoms with Gasteiger partial charge < -0.3 is 0 Å². The first-order valence-electron chi connectivity index (χ1n) is 4.13. The van der Waals surface area contributed by atoms with Gasteiger partial charge in [-0.25, -0.2) is 0 Å². The fraction of sp³-hybridized carbons (Fsp3) is 0.333. The van der Waals surface area contributed by atoms with Crippen molar-refractivity contribution in [2.45, 2.75) is 23.7 Å². The van der Waals surface area contributed by atoms with Crippen LogP contribution in [0.25, 0.3) is 0 Å². The van der Waals surface area contributed by atoms with E-state index in [4.69, 9.17) is 0 Å². The summed E-state index contributed by atoms with van der Waals surface area (Å²) in [6.45, 7) is 0. The van der Waals surface area contributed by atoms with Gasteiger partial charge in [0, 0.05) is 0 Å². The topological polar surface area (TPSA) is 54.0 Å². The number of hydrogen-bond acceptors (Lipinski definition) is 2. The first-order chi connectivity index (χ1) is 6.07. The van der Waals surface area contributed by atoms with E-state index in [0.29, 0.717) is 5.92 Å². The maximum absolute atomic E-state index is 10.6. The molecule has 4 heteroatoms. The van der Waals surface area contributed by atoms with Gasteiger partial charge in [-0.3, -0.25) is 0 Å². The van der Waals surface area contributed by atoms with Crippen molar-refractivity contribution in [3.05, 3.63) is 29.8 Å². The van der Waals surface area contributed by atoms with Crippen molar-refractivity contribution in [1.82, 2.24) is 0 Å². The molecule has 0 spiro atoms. The van der Waals surface area contributed by atoms with E-state index < -0.39 is 10.1 Å². The van der Waals surface area contributed by atoms with E-state index in [0.717, 1.165) is 5.56 Å². The van der Waals surface area contributed by atoms with Crippen LogP contribution in [0.5, 0.6) is 0 Å². The monoisotopic (exact) mass is 197 g/mol. The molecule has 0 N–H and O–H groups in total. The van der Waals surface area contributed by atoms with E-state index in [1.54, 1.807) is 12.1 Å². The Morgan fingerprint density at radius 3 is 2.00 bits per heavy atom. The summed E-state index contributed by atoms with van der Waals surface area (Å²) in [4.78, 5) is -0.142. The highest BCUT2D eigenvalue weighted by Crippen LogP contribution is 2.40. The standard InChI is InChI=1S/C9H9O3S/c10-13(11,12)9-5-3-8(4-6-9)7-1-2-7/h3-7H,1-2H2. The van der Waals surface area contributed by atoms with Gasteiger partial charge in [0.15, 0.2) is 0 Å². The zero-order valence-corrected chi connectivity index (χ0v) is 7.75. The fourth-order valence-corrected chi connectivity index (χ4v) is 1.79. The quantitative estimate of drug-likeness (QED) is 0.724. The van der Waals surface area contributed by atoms with Crippen LogP contribution >= 0.6 is 0 Å². The smallest absolute Gasteiger partial charge is 0.192 e. The van der Waals surface area contributed by atoms with Gasteiger partial charge >= 0.3 is 10.1 Å². The predicted octanol–water partition coefficient (Wildman–Crippen LogP) is 1.68. The Morgan fingerprint density at radius 2 is 1.62 bits per heavy atom. The van der Waals surface area contributed by atoms with E-state index in [-0.39, 0.29) is 4.90 Å². The summed E-state index contributed by atoms with van der Waals surface area (Å²) in [6.07, 6.45) is 2.34. The molecule has 1 aromatic rings. The van der Waals surface area contributed by atoms with E-state index >= 15 is 0 Å². The highest BCUT2D eigenvalue weighted by molar-refractivity contribution is 7.85. The Morgan fingerprint density at radius 1 is 1.08 bits per heavy atom. The molecule has 1 aliphatic carbocycles. The van der Waals surface area contributed by atoms with Crippen LogP contribution in [0.3, 0.4) is 0 Å². The molecule has 1 aromatic carbocycles. The third-order valence-electron chi connectivity index (χ3n) is 2.22. The van der Waals surface area contributed by atoms with Gasteiger partial charge in [0.1, 0.15) is 0 Å². The molecule has 1 radical (unpaired) electrons. The predicted molar refractivity (Wildman–Crippen MR) is 46.3 cm³/mol. The van der Waals surface area contributed by atoms with Gasteiger partial charge in [0.25, 0.3) is 0 Å². The Labute approximate surface area is 77.1 Å². The SMILES string of the molecule is [O]S(=O)(=O)c1ccc(C2CC2)cc1. The fourth-order valence-electron chi connectivity index (χ4n) is 1.32. The molecule has 69 valence electrons. The minimum absolute atomic E-state index is 0.142. The average Bonchev–Trinajstić information content (AvgIpc) is 2.85. The summed E-state index contributed by atoms with van der Waals surface area (Å²) in [6, 6.07) is 6.22. The van der Waals surface area contributed by atoms with Crippen molar-refractivity contribution in [2.24, 2.45) is 0 Å². The van der Waals surface area contributed by atoms with Gasteiger partial charge in [0.05, 0.1) is 4.90 Å². The van der Waals surface area contributed by atoms with E-state index in [9.17, 15) is 13.0 Å². The van der Waals surface area contributed by atoms with Crippen LogP contribution in [0.15, 0.2) is 29.2 Å². The summed E-state index contributed by atoms with van der Waals surface area (Å²) >= 11 is 0. The second-order valence-corrected chi connectivity index (χ2v) is 4.68. The third-order valence-corrected chi connectivity index (χ3v) is 3.07. The summed E-state index contributed by atoms with van der Waals surface area (Å²) < 4.78 is 31.7. The summed E-state index contributed by atoms with van der Waals surface area (Å²) in [7, 11) is -4.27. The first kappa shape index (κ1) is 8.72. The van der Waals surface area contributed by atoms with Crippen LogP contribution in [-0.2, 0) is 14.7 Å². The van der Waals surface area contributed by atoms with Crippen LogP contribution in [0, 0.1) is 0 Å². The van der Waals surface area contributed by atoms with Crippen molar-refractivity contribution in [1.29, 1.82) is 0 Å². The van der Waals surface area contributed by atoms with Crippen molar-refractivity contribution in [2.75, 3.05) is 0 Å². The molecular formula is C9H9O3S. The highest BCUT2D eigenvalue weighted by atomic mass is 32.2. The van der Waals surface area contributed by atoms with E-state index in [1.165, 1.54) is 25.0 Å². The molecule has 1 saturated carbocycles. The molecule has 2 rings (SSSR count). The van der Waals surface area contributed by atoms with Crippen molar-refractivity contribution >= 4 is 10.1 Å². The Hall–Kier alpha value is -0.870. The Kier molecular flexibility index (Phi) is 1.89. The lowest BCUT2D eigenvalue weighted by Crippen LogP contribution is -1.95. The first-order valence-corrected chi connectivity index (χ1v) is 5.54. The van der Waals surface area contributed by atoms with Gasteiger partial charge in [0.2, 0.25) is 0 Å². The van der Waals surface area contributed by atoms with Gasteiger partial charge in [-0.05, 0) is 36.5 Å². The lowest BCUT2D eigenvalue weighted by atomic mass is 10.1. The van der Waals surface area contributed by atoms with Crippen LogP contribution in [0.4, 0.5) is 0 Å². The van der Waals surface area contributed by atoms with E-state index in [1.807, 2.05) is 0 Å². The molecule has 1 aliphatic rings. The maximum atomic E-state index is 10.6. The molecule has 0 heterocycles. The largest absolute Gasteiger partial charge is 0.324 e. The molecule has 0 atom stereocenters. The highest BCUT2D eigenvalue weighted by Gasteiger charge is 2.23. The van der Waals surface area contributed by atoms with Gasteiger partial charge in [-0.15, -0.1) is 0 Å². The molecule has 0 amide bonds. The number of rotatable bonds is 2. The molecule has 0 saturated heterocycles. The van der Waals surface area contributed by atoms with Gasteiger partial charge in [-0.2, -0.15) is 8.42 Å². The number of benzene rings is 1. The van der Waals surface area contributed by atoms with Crippen LogP contribution < -0.4 is 0 Å². The molecule has 0 bridgehead atoms. The lowest BCUT2D eigenvalue weighted by molar-refractivity contribution is 0.414. The second-order valence-electron chi connectivity index (χ2n) is 3.30. The number of hydrogen-bond donors (Lipinski definition) is 0. The van der Waals surface area contributed by atoms with Crippen molar-refractivity contribution in [3.8, 4) is 0 Å². The Bertz CT molecular complexity index is 401. The zero-order valence-electron chi connectivity index (χ0n) is 6.93. The summed E-state index contributed by atoms with van der Waals surface area (Å²) in [5, 5.41) is 0. The van der Waals surface area contributed by atoms with Gasteiger partial charge in [-0.1, -0.05) is 16.7 Å². The lowest BCUT2D eigenvalue weighted by Gasteiger charge is -1.98.